The molecule has 0 saturated heterocycles. The van der Waals surface area contributed by atoms with Gasteiger partial charge in [-0.05, 0) is 18.1 Å². The molecule has 1 aromatic carbocycles. The number of hydrogen-bond donors (Lipinski definition) is 2. The summed E-state index contributed by atoms with van der Waals surface area (Å²) in [6.45, 7) is -0.197. The summed E-state index contributed by atoms with van der Waals surface area (Å²) in [7, 11) is 0. The molecule has 4 heteroatoms. The molecule has 0 aliphatic heterocycles. The highest BCUT2D eigenvalue weighted by Gasteiger charge is 2.01. The number of hydrogen-bond acceptors (Lipinski definition) is 2. The number of carbonyl (C=O) groups is 1. The summed E-state index contributed by atoms with van der Waals surface area (Å²) >= 11 is 0. The molecular weight excluding hydrogens is 185 g/mol. The number of aliphatic hydroxyl groups is 1. The SMILES string of the molecule is O=C(CO)NCCc1ccccc1F. The van der Waals surface area contributed by atoms with Crippen LogP contribution in [0.25, 0.3) is 0 Å². The highest BCUT2D eigenvalue weighted by atomic mass is 19.1. The number of halogens is 1. The second kappa shape index (κ2) is 5.34. The van der Waals surface area contributed by atoms with Gasteiger partial charge in [-0.3, -0.25) is 4.79 Å². The highest BCUT2D eigenvalue weighted by molar-refractivity contribution is 5.76. The molecule has 2 N–H and O–H groups in total. The molecule has 14 heavy (non-hydrogen) atoms. The van der Waals surface area contributed by atoms with Crippen LogP contribution in [0.2, 0.25) is 0 Å². The van der Waals surface area contributed by atoms with Crippen molar-refractivity contribution >= 4 is 5.91 Å². The summed E-state index contributed by atoms with van der Waals surface area (Å²) in [4.78, 5) is 10.6. The molecule has 0 radical (unpaired) electrons. The average Bonchev–Trinajstić information content (AvgIpc) is 2.20. The minimum atomic E-state index is -0.530. The molecule has 0 bridgehead atoms. The third-order valence-corrected chi connectivity index (χ3v) is 1.82. The van der Waals surface area contributed by atoms with Crippen LogP contribution in [0.3, 0.4) is 0 Å². The lowest BCUT2D eigenvalue weighted by Gasteiger charge is -2.03. The molecule has 0 unspecified atom stereocenters. The van der Waals surface area contributed by atoms with Gasteiger partial charge >= 0.3 is 0 Å². The summed E-state index contributed by atoms with van der Waals surface area (Å²) < 4.78 is 13.0. The molecule has 0 aliphatic carbocycles. The van der Waals surface area contributed by atoms with Crippen LogP contribution in [0, 0.1) is 5.82 Å². The largest absolute Gasteiger partial charge is 0.387 e. The third-order valence-electron chi connectivity index (χ3n) is 1.82. The lowest BCUT2D eigenvalue weighted by molar-refractivity contribution is -0.123. The van der Waals surface area contributed by atoms with Gasteiger partial charge in [0.2, 0.25) is 5.91 Å². The molecule has 0 fully saturated rings. The Kier molecular flexibility index (Phi) is 4.07. The average molecular weight is 197 g/mol. The van der Waals surface area contributed by atoms with E-state index in [2.05, 4.69) is 5.32 Å². The van der Waals surface area contributed by atoms with Crippen molar-refractivity contribution in [1.82, 2.24) is 5.32 Å². The number of rotatable bonds is 4. The van der Waals surface area contributed by atoms with Gasteiger partial charge in [-0.1, -0.05) is 18.2 Å². The number of aliphatic hydroxyl groups excluding tert-OH is 1. The predicted molar refractivity (Wildman–Crippen MR) is 50.2 cm³/mol. The second-order valence-corrected chi connectivity index (χ2v) is 2.85. The number of amides is 1. The molecule has 0 aliphatic rings. The van der Waals surface area contributed by atoms with Crippen LogP contribution < -0.4 is 5.32 Å². The minimum Gasteiger partial charge on any atom is -0.387 e. The van der Waals surface area contributed by atoms with E-state index in [-0.39, 0.29) is 5.82 Å². The van der Waals surface area contributed by atoms with Crippen LogP contribution in [0.1, 0.15) is 5.56 Å². The van der Waals surface area contributed by atoms with E-state index in [0.29, 0.717) is 18.5 Å². The first-order valence-electron chi connectivity index (χ1n) is 4.35. The Bertz CT molecular complexity index is 315. The highest BCUT2D eigenvalue weighted by Crippen LogP contribution is 2.05. The summed E-state index contributed by atoms with van der Waals surface area (Å²) in [6, 6.07) is 6.40. The van der Waals surface area contributed by atoms with Crippen LogP contribution >= 0.6 is 0 Å². The standard InChI is InChI=1S/C10H12FNO2/c11-9-4-2-1-3-8(9)5-6-12-10(14)7-13/h1-4,13H,5-7H2,(H,12,14). The zero-order chi connectivity index (χ0) is 10.4. The monoisotopic (exact) mass is 197 g/mol. The summed E-state index contributed by atoms with van der Waals surface area (Å²) in [5.41, 5.74) is 0.561. The van der Waals surface area contributed by atoms with E-state index in [1.165, 1.54) is 6.07 Å². The zero-order valence-electron chi connectivity index (χ0n) is 7.66. The summed E-state index contributed by atoms with van der Waals surface area (Å²) in [5, 5.41) is 10.9. The topological polar surface area (TPSA) is 49.3 Å². The van der Waals surface area contributed by atoms with Gasteiger partial charge in [0, 0.05) is 6.54 Å². The van der Waals surface area contributed by atoms with Crippen molar-refractivity contribution in [3.63, 3.8) is 0 Å². The predicted octanol–water partition coefficient (Wildman–Crippen LogP) is 0.477. The Morgan fingerprint density at radius 3 is 2.79 bits per heavy atom. The fourth-order valence-corrected chi connectivity index (χ4v) is 1.09. The van der Waals surface area contributed by atoms with Crippen molar-refractivity contribution in [1.29, 1.82) is 0 Å². The van der Waals surface area contributed by atoms with E-state index in [1.54, 1.807) is 18.2 Å². The van der Waals surface area contributed by atoms with E-state index in [9.17, 15) is 9.18 Å². The van der Waals surface area contributed by atoms with Crippen molar-refractivity contribution in [2.24, 2.45) is 0 Å². The van der Waals surface area contributed by atoms with Crippen molar-refractivity contribution in [2.45, 2.75) is 6.42 Å². The molecule has 0 aromatic heterocycles. The maximum atomic E-state index is 13.0. The normalized spacial score (nSPS) is 9.86. The first kappa shape index (κ1) is 10.7. The zero-order valence-corrected chi connectivity index (χ0v) is 7.66. The van der Waals surface area contributed by atoms with Gasteiger partial charge in [-0.2, -0.15) is 0 Å². The molecule has 76 valence electrons. The van der Waals surface area contributed by atoms with Crippen LogP contribution in [0.15, 0.2) is 24.3 Å². The van der Waals surface area contributed by atoms with Crippen molar-refractivity contribution < 1.29 is 14.3 Å². The van der Waals surface area contributed by atoms with E-state index in [1.807, 2.05) is 0 Å². The van der Waals surface area contributed by atoms with Crippen molar-refractivity contribution in [3.8, 4) is 0 Å². The lowest BCUT2D eigenvalue weighted by Crippen LogP contribution is -2.28. The van der Waals surface area contributed by atoms with E-state index >= 15 is 0 Å². The van der Waals surface area contributed by atoms with Gasteiger partial charge in [0.05, 0.1) is 0 Å². The first-order valence-corrected chi connectivity index (χ1v) is 4.35. The molecule has 0 saturated carbocycles. The molecule has 0 atom stereocenters. The van der Waals surface area contributed by atoms with E-state index in [0.717, 1.165) is 0 Å². The third kappa shape index (κ3) is 3.14. The number of nitrogens with one attached hydrogen (secondary N) is 1. The van der Waals surface area contributed by atoms with Gasteiger partial charge in [-0.25, -0.2) is 4.39 Å². The van der Waals surface area contributed by atoms with Crippen LogP contribution in [0.4, 0.5) is 4.39 Å². The van der Waals surface area contributed by atoms with Gasteiger partial charge in [-0.15, -0.1) is 0 Å². The summed E-state index contributed by atoms with van der Waals surface area (Å²) in [5.74, 6) is -0.716. The van der Waals surface area contributed by atoms with Crippen LogP contribution in [-0.4, -0.2) is 24.2 Å². The fraction of sp³-hybridized carbons (Fsp3) is 0.300. The van der Waals surface area contributed by atoms with Gasteiger partial charge in [0.1, 0.15) is 12.4 Å². The Balaban J connectivity index is 2.39. The molecule has 0 heterocycles. The van der Waals surface area contributed by atoms with Gasteiger partial charge in [0.25, 0.3) is 0 Å². The molecular formula is C10H12FNO2. The summed E-state index contributed by atoms with van der Waals surface area (Å²) in [6.07, 6.45) is 0.429. The maximum Gasteiger partial charge on any atom is 0.245 e. The fourth-order valence-electron chi connectivity index (χ4n) is 1.09. The van der Waals surface area contributed by atoms with Crippen LogP contribution in [0.5, 0.6) is 0 Å². The Morgan fingerprint density at radius 2 is 2.14 bits per heavy atom. The minimum absolute atomic E-state index is 0.272. The molecule has 1 amide bonds. The van der Waals surface area contributed by atoms with Gasteiger partial charge in [0.15, 0.2) is 0 Å². The van der Waals surface area contributed by atoms with Crippen molar-refractivity contribution in [3.05, 3.63) is 35.6 Å². The first-order chi connectivity index (χ1) is 6.74. The molecule has 1 aromatic rings. The smallest absolute Gasteiger partial charge is 0.245 e. The molecule has 3 nitrogen and oxygen atoms in total. The maximum absolute atomic E-state index is 13.0. The van der Waals surface area contributed by atoms with Crippen LogP contribution in [-0.2, 0) is 11.2 Å². The van der Waals surface area contributed by atoms with Gasteiger partial charge < -0.3 is 10.4 Å². The second-order valence-electron chi connectivity index (χ2n) is 2.85. The Hall–Kier alpha value is -1.42. The Morgan fingerprint density at radius 1 is 1.43 bits per heavy atom. The quantitative estimate of drug-likeness (QED) is 0.737. The lowest BCUT2D eigenvalue weighted by atomic mass is 10.1. The molecule has 0 spiro atoms. The number of carbonyl (C=O) groups excluding carboxylic acids is 1. The Labute approximate surface area is 81.6 Å². The van der Waals surface area contributed by atoms with E-state index < -0.39 is 12.5 Å². The van der Waals surface area contributed by atoms with Crippen molar-refractivity contribution in [2.75, 3.05) is 13.2 Å². The molecule has 1 rings (SSSR count). The van der Waals surface area contributed by atoms with E-state index in [4.69, 9.17) is 5.11 Å². The number of benzene rings is 1.